The van der Waals surface area contributed by atoms with E-state index in [4.69, 9.17) is 17.3 Å². The predicted molar refractivity (Wildman–Crippen MR) is 60.8 cm³/mol. The van der Waals surface area contributed by atoms with Gasteiger partial charge in [-0.05, 0) is 25.3 Å². The van der Waals surface area contributed by atoms with Crippen molar-refractivity contribution in [3.63, 3.8) is 0 Å². The van der Waals surface area contributed by atoms with E-state index >= 15 is 0 Å². The Balaban J connectivity index is 2.05. The quantitative estimate of drug-likeness (QED) is 0.823. The Kier molecular flexibility index (Phi) is 3.38. The summed E-state index contributed by atoms with van der Waals surface area (Å²) in [4.78, 5) is 7.97. The van der Waals surface area contributed by atoms with Gasteiger partial charge >= 0.3 is 0 Å². The number of halogens is 1. The molecule has 2 unspecified atom stereocenters. The van der Waals surface area contributed by atoms with Gasteiger partial charge in [0.25, 0.3) is 0 Å². The van der Waals surface area contributed by atoms with Crippen molar-refractivity contribution < 1.29 is 0 Å². The van der Waals surface area contributed by atoms with Crippen LogP contribution in [0.4, 0.5) is 5.82 Å². The first-order valence-electron chi connectivity index (χ1n) is 5.23. The molecule has 2 rings (SSSR count). The van der Waals surface area contributed by atoms with E-state index in [1.807, 2.05) is 0 Å². The lowest BCUT2D eigenvalue weighted by Gasteiger charge is -2.20. The standard InChI is InChI=1S/C10H15ClN4/c11-8-5-13-6-14-10(8)15-9-3-1-2-7(9)4-12/h5-7,9H,1-4,12H2,(H,13,14,15). The van der Waals surface area contributed by atoms with Crippen LogP contribution in [0.15, 0.2) is 12.5 Å². The van der Waals surface area contributed by atoms with E-state index in [1.54, 1.807) is 6.20 Å². The van der Waals surface area contributed by atoms with Gasteiger partial charge in [-0.15, -0.1) is 0 Å². The molecule has 0 bridgehead atoms. The number of nitrogens with one attached hydrogen (secondary N) is 1. The van der Waals surface area contributed by atoms with Crippen molar-refractivity contribution in [2.45, 2.75) is 25.3 Å². The molecule has 5 heteroatoms. The molecule has 3 N–H and O–H groups in total. The van der Waals surface area contributed by atoms with Gasteiger partial charge in [0.2, 0.25) is 0 Å². The zero-order chi connectivity index (χ0) is 10.7. The smallest absolute Gasteiger partial charge is 0.148 e. The van der Waals surface area contributed by atoms with Crippen LogP contribution in [0.1, 0.15) is 19.3 Å². The number of rotatable bonds is 3. The van der Waals surface area contributed by atoms with Gasteiger partial charge in [-0.25, -0.2) is 9.97 Å². The highest BCUT2D eigenvalue weighted by molar-refractivity contribution is 6.32. The second-order valence-corrected chi connectivity index (χ2v) is 4.30. The van der Waals surface area contributed by atoms with Crippen LogP contribution in [0.5, 0.6) is 0 Å². The third-order valence-electron chi connectivity index (χ3n) is 2.95. The summed E-state index contributed by atoms with van der Waals surface area (Å²) < 4.78 is 0. The molecule has 0 spiro atoms. The molecule has 1 aromatic heterocycles. The summed E-state index contributed by atoms with van der Waals surface area (Å²) in [5.41, 5.74) is 5.71. The van der Waals surface area contributed by atoms with E-state index < -0.39 is 0 Å². The lowest BCUT2D eigenvalue weighted by atomic mass is 10.0. The zero-order valence-corrected chi connectivity index (χ0v) is 9.24. The minimum absolute atomic E-state index is 0.405. The van der Waals surface area contributed by atoms with E-state index in [1.165, 1.54) is 19.2 Å². The lowest BCUT2D eigenvalue weighted by Crippen LogP contribution is -2.29. The molecule has 1 heterocycles. The molecular weight excluding hydrogens is 212 g/mol. The molecule has 15 heavy (non-hydrogen) atoms. The van der Waals surface area contributed by atoms with Gasteiger partial charge in [-0.1, -0.05) is 18.0 Å². The van der Waals surface area contributed by atoms with Gasteiger partial charge in [0.1, 0.15) is 17.2 Å². The van der Waals surface area contributed by atoms with Crippen molar-refractivity contribution in [2.75, 3.05) is 11.9 Å². The normalized spacial score (nSPS) is 25.5. The van der Waals surface area contributed by atoms with E-state index in [9.17, 15) is 0 Å². The fraction of sp³-hybridized carbons (Fsp3) is 0.600. The van der Waals surface area contributed by atoms with Crippen LogP contribution in [-0.4, -0.2) is 22.6 Å². The summed E-state index contributed by atoms with van der Waals surface area (Å²) in [6.45, 7) is 0.723. The van der Waals surface area contributed by atoms with Crippen molar-refractivity contribution in [1.29, 1.82) is 0 Å². The Bertz CT molecular complexity index is 331. The van der Waals surface area contributed by atoms with Crippen molar-refractivity contribution in [3.05, 3.63) is 17.5 Å². The highest BCUT2D eigenvalue weighted by atomic mass is 35.5. The molecule has 4 nitrogen and oxygen atoms in total. The number of hydrogen-bond acceptors (Lipinski definition) is 4. The summed E-state index contributed by atoms with van der Waals surface area (Å²) in [6, 6.07) is 0.405. The topological polar surface area (TPSA) is 63.8 Å². The van der Waals surface area contributed by atoms with Crippen LogP contribution < -0.4 is 11.1 Å². The molecule has 0 radical (unpaired) electrons. The first kappa shape index (κ1) is 10.6. The fourth-order valence-corrected chi connectivity index (χ4v) is 2.26. The van der Waals surface area contributed by atoms with E-state index in [0.717, 1.165) is 18.8 Å². The number of nitrogens with two attached hydrogens (primary N) is 1. The van der Waals surface area contributed by atoms with Gasteiger partial charge in [-0.3, -0.25) is 0 Å². The monoisotopic (exact) mass is 226 g/mol. The molecule has 0 amide bonds. The van der Waals surface area contributed by atoms with Crippen LogP contribution in [0, 0.1) is 5.92 Å². The third kappa shape index (κ3) is 2.38. The van der Waals surface area contributed by atoms with Crippen LogP contribution >= 0.6 is 11.6 Å². The van der Waals surface area contributed by atoms with Crippen molar-refractivity contribution in [1.82, 2.24) is 9.97 Å². The highest BCUT2D eigenvalue weighted by Crippen LogP contribution is 2.28. The summed E-state index contributed by atoms with van der Waals surface area (Å²) in [6.07, 6.45) is 6.66. The zero-order valence-electron chi connectivity index (χ0n) is 8.49. The lowest BCUT2D eigenvalue weighted by molar-refractivity contribution is 0.515. The van der Waals surface area contributed by atoms with Crippen molar-refractivity contribution >= 4 is 17.4 Å². The Labute approximate surface area is 94.2 Å². The first-order chi connectivity index (χ1) is 7.31. The van der Waals surface area contributed by atoms with Crippen molar-refractivity contribution in [3.8, 4) is 0 Å². The van der Waals surface area contributed by atoms with E-state index in [2.05, 4.69) is 15.3 Å². The number of anilines is 1. The molecule has 1 aromatic rings. The molecular formula is C10H15ClN4. The van der Waals surface area contributed by atoms with Gasteiger partial charge in [0, 0.05) is 6.04 Å². The second-order valence-electron chi connectivity index (χ2n) is 3.90. The fourth-order valence-electron chi connectivity index (χ4n) is 2.10. The Morgan fingerprint density at radius 3 is 3.13 bits per heavy atom. The van der Waals surface area contributed by atoms with Gasteiger partial charge in [0.15, 0.2) is 0 Å². The molecule has 0 aliphatic heterocycles. The van der Waals surface area contributed by atoms with Crippen LogP contribution in [0.2, 0.25) is 5.02 Å². The summed E-state index contributed by atoms with van der Waals surface area (Å²) in [7, 11) is 0. The molecule has 1 aliphatic carbocycles. The molecule has 1 fully saturated rings. The molecule has 2 atom stereocenters. The van der Waals surface area contributed by atoms with Gasteiger partial charge < -0.3 is 11.1 Å². The maximum atomic E-state index is 5.97. The minimum Gasteiger partial charge on any atom is -0.366 e. The van der Waals surface area contributed by atoms with Crippen LogP contribution in [-0.2, 0) is 0 Å². The predicted octanol–water partition coefficient (Wildman–Crippen LogP) is 1.67. The third-order valence-corrected chi connectivity index (χ3v) is 3.23. The number of nitrogens with zero attached hydrogens (tertiary/aromatic N) is 2. The summed E-state index contributed by atoms with van der Waals surface area (Å²) in [5.74, 6) is 1.26. The highest BCUT2D eigenvalue weighted by Gasteiger charge is 2.26. The molecule has 0 saturated heterocycles. The maximum absolute atomic E-state index is 5.97. The summed E-state index contributed by atoms with van der Waals surface area (Å²) >= 11 is 5.97. The minimum atomic E-state index is 0.405. The SMILES string of the molecule is NCC1CCCC1Nc1ncncc1Cl. The second kappa shape index (κ2) is 4.77. The van der Waals surface area contributed by atoms with Gasteiger partial charge in [0.05, 0.1) is 6.20 Å². The van der Waals surface area contributed by atoms with E-state index in [-0.39, 0.29) is 0 Å². The molecule has 0 aromatic carbocycles. The molecule has 1 aliphatic rings. The average molecular weight is 227 g/mol. The van der Waals surface area contributed by atoms with Crippen LogP contribution in [0.3, 0.4) is 0 Å². The summed E-state index contributed by atoms with van der Waals surface area (Å²) in [5, 5.41) is 3.92. The Hall–Kier alpha value is -0.870. The van der Waals surface area contributed by atoms with Gasteiger partial charge in [-0.2, -0.15) is 0 Å². The maximum Gasteiger partial charge on any atom is 0.148 e. The number of hydrogen-bond donors (Lipinski definition) is 2. The Morgan fingerprint density at radius 2 is 2.40 bits per heavy atom. The largest absolute Gasteiger partial charge is 0.366 e. The number of aromatic nitrogens is 2. The van der Waals surface area contributed by atoms with Crippen LogP contribution in [0.25, 0.3) is 0 Å². The van der Waals surface area contributed by atoms with Crippen molar-refractivity contribution in [2.24, 2.45) is 11.7 Å². The Morgan fingerprint density at radius 1 is 1.53 bits per heavy atom. The van der Waals surface area contributed by atoms with E-state index in [0.29, 0.717) is 17.0 Å². The molecule has 1 saturated carbocycles. The average Bonchev–Trinajstić information content (AvgIpc) is 2.69. The first-order valence-corrected chi connectivity index (χ1v) is 5.61. The molecule has 82 valence electrons.